The summed E-state index contributed by atoms with van der Waals surface area (Å²) in [7, 11) is 0. The lowest BCUT2D eigenvalue weighted by molar-refractivity contribution is 0.0228. The highest BCUT2D eigenvalue weighted by atomic mass is 16.6. The second-order valence-electron chi connectivity index (χ2n) is 3.57. The van der Waals surface area contributed by atoms with E-state index in [1.807, 2.05) is 37.3 Å². The van der Waals surface area contributed by atoms with Gasteiger partial charge in [-0.2, -0.15) is 5.48 Å². The largest absolute Gasteiger partial charge is 0.348 e. The van der Waals surface area contributed by atoms with Crippen molar-refractivity contribution in [1.82, 2.24) is 15.4 Å². The highest BCUT2D eigenvalue weighted by Crippen LogP contribution is 2.01. The van der Waals surface area contributed by atoms with Crippen LogP contribution in [0.4, 0.5) is 0 Å². The summed E-state index contributed by atoms with van der Waals surface area (Å²) in [5.41, 5.74) is 6.09. The molecule has 0 atom stereocenters. The third kappa shape index (κ3) is 2.92. The molecule has 0 saturated carbocycles. The molecule has 0 fully saturated rings. The number of aryl methyl sites for hydroxylation is 1. The van der Waals surface area contributed by atoms with E-state index in [2.05, 4.69) is 15.4 Å². The van der Waals surface area contributed by atoms with Gasteiger partial charge in [-0.25, -0.2) is 4.98 Å². The Bertz CT molecular complexity index is 425. The zero-order valence-corrected chi connectivity index (χ0v) is 9.23. The summed E-state index contributed by atoms with van der Waals surface area (Å²) in [6.07, 6.45) is 1.68. The van der Waals surface area contributed by atoms with Crippen molar-refractivity contribution in [3.05, 3.63) is 53.6 Å². The molecule has 0 unspecified atom stereocenters. The number of hydroxylamine groups is 1. The Kier molecular flexibility index (Phi) is 3.69. The summed E-state index contributed by atoms with van der Waals surface area (Å²) in [4.78, 5) is 12.5. The smallest absolute Gasteiger partial charge is 0.0933 e. The fourth-order valence-electron chi connectivity index (χ4n) is 1.39. The molecule has 2 aromatic rings. The van der Waals surface area contributed by atoms with Crippen molar-refractivity contribution in [3.63, 3.8) is 0 Å². The highest BCUT2D eigenvalue weighted by molar-refractivity contribution is 5.13. The zero-order chi connectivity index (χ0) is 11.2. The van der Waals surface area contributed by atoms with Gasteiger partial charge in [-0.15, -0.1) is 0 Å². The molecule has 4 heteroatoms. The van der Waals surface area contributed by atoms with Crippen LogP contribution in [0, 0.1) is 6.92 Å². The van der Waals surface area contributed by atoms with Gasteiger partial charge in [0.15, 0.2) is 0 Å². The number of nitrogens with zero attached hydrogens (tertiary/aromatic N) is 1. The standard InChI is InChI=1S/C12H15N3O/c1-10-12(14-9-13-10)7-15-16-8-11-5-3-2-4-6-11/h2-6,9,15H,7-8H2,1H3,(H,13,14). The summed E-state index contributed by atoms with van der Waals surface area (Å²) in [5.74, 6) is 0. The number of aromatic nitrogens is 2. The Morgan fingerprint density at radius 1 is 1.31 bits per heavy atom. The van der Waals surface area contributed by atoms with E-state index in [9.17, 15) is 0 Å². The maximum absolute atomic E-state index is 5.34. The second kappa shape index (κ2) is 5.44. The van der Waals surface area contributed by atoms with E-state index in [1.165, 1.54) is 0 Å². The third-order valence-electron chi connectivity index (χ3n) is 2.36. The molecule has 1 aromatic carbocycles. The second-order valence-corrected chi connectivity index (χ2v) is 3.57. The Hall–Kier alpha value is -1.65. The van der Waals surface area contributed by atoms with Crippen molar-refractivity contribution in [2.24, 2.45) is 0 Å². The first-order valence-corrected chi connectivity index (χ1v) is 5.23. The van der Waals surface area contributed by atoms with Crippen LogP contribution in [-0.2, 0) is 18.0 Å². The van der Waals surface area contributed by atoms with Gasteiger partial charge in [0.1, 0.15) is 0 Å². The van der Waals surface area contributed by atoms with Gasteiger partial charge in [0.05, 0.1) is 25.2 Å². The SMILES string of the molecule is Cc1[nH]cnc1CNOCc1ccccc1. The summed E-state index contributed by atoms with van der Waals surface area (Å²) in [5, 5.41) is 0. The van der Waals surface area contributed by atoms with Crippen molar-refractivity contribution in [1.29, 1.82) is 0 Å². The molecule has 2 N–H and O–H groups in total. The van der Waals surface area contributed by atoms with Crippen LogP contribution in [0.5, 0.6) is 0 Å². The molecular formula is C12H15N3O. The van der Waals surface area contributed by atoms with E-state index >= 15 is 0 Å². The first kappa shape index (κ1) is 10.9. The van der Waals surface area contributed by atoms with Gasteiger partial charge in [0.25, 0.3) is 0 Å². The van der Waals surface area contributed by atoms with Gasteiger partial charge in [0, 0.05) is 5.69 Å². The molecule has 0 amide bonds. The minimum atomic E-state index is 0.560. The summed E-state index contributed by atoms with van der Waals surface area (Å²) in [6, 6.07) is 10.0. The van der Waals surface area contributed by atoms with Crippen molar-refractivity contribution < 1.29 is 4.84 Å². The maximum Gasteiger partial charge on any atom is 0.0933 e. The number of benzene rings is 1. The van der Waals surface area contributed by atoms with Crippen LogP contribution in [0.3, 0.4) is 0 Å². The van der Waals surface area contributed by atoms with Gasteiger partial charge in [-0.3, -0.25) is 4.84 Å². The lowest BCUT2D eigenvalue weighted by Gasteiger charge is -2.04. The molecule has 0 aliphatic carbocycles. The average Bonchev–Trinajstić information content (AvgIpc) is 2.72. The highest BCUT2D eigenvalue weighted by Gasteiger charge is 1.99. The minimum Gasteiger partial charge on any atom is -0.348 e. The lowest BCUT2D eigenvalue weighted by Crippen LogP contribution is -2.14. The van der Waals surface area contributed by atoms with Gasteiger partial charge < -0.3 is 4.98 Å². The molecule has 84 valence electrons. The van der Waals surface area contributed by atoms with Gasteiger partial charge in [-0.05, 0) is 12.5 Å². The first-order valence-electron chi connectivity index (χ1n) is 5.23. The molecular weight excluding hydrogens is 202 g/mol. The normalized spacial score (nSPS) is 10.6. The van der Waals surface area contributed by atoms with Crippen LogP contribution in [0.2, 0.25) is 0 Å². The number of aromatic amines is 1. The molecule has 1 heterocycles. The Morgan fingerprint density at radius 3 is 2.81 bits per heavy atom. The number of imidazole rings is 1. The van der Waals surface area contributed by atoms with Crippen molar-refractivity contribution in [2.45, 2.75) is 20.1 Å². The van der Waals surface area contributed by atoms with Crippen LogP contribution >= 0.6 is 0 Å². The summed E-state index contributed by atoms with van der Waals surface area (Å²) >= 11 is 0. The minimum absolute atomic E-state index is 0.560. The van der Waals surface area contributed by atoms with Gasteiger partial charge >= 0.3 is 0 Å². The zero-order valence-electron chi connectivity index (χ0n) is 9.23. The van der Waals surface area contributed by atoms with E-state index in [4.69, 9.17) is 4.84 Å². The molecule has 0 radical (unpaired) electrons. The number of H-pyrrole nitrogens is 1. The molecule has 4 nitrogen and oxygen atoms in total. The van der Waals surface area contributed by atoms with Crippen LogP contribution in [-0.4, -0.2) is 9.97 Å². The molecule has 0 aliphatic rings. The number of hydrogen-bond acceptors (Lipinski definition) is 3. The van der Waals surface area contributed by atoms with E-state index in [-0.39, 0.29) is 0 Å². The predicted molar refractivity (Wildman–Crippen MR) is 61.4 cm³/mol. The van der Waals surface area contributed by atoms with E-state index in [0.717, 1.165) is 17.0 Å². The van der Waals surface area contributed by atoms with Crippen molar-refractivity contribution in [2.75, 3.05) is 0 Å². The Balaban J connectivity index is 1.72. The topological polar surface area (TPSA) is 49.9 Å². The number of hydrogen-bond donors (Lipinski definition) is 2. The maximum atomic E-state index is 5.34. The number of nitrogens with one attached hydrogen (secondary N) is 2. The predicted octanol–water partition coefficient (Wildman–Crippen LogP) is 1.94. The molecule has 16 heavy (non-hydrogen) atoms. The molecule has 0 aliphatic heterocycles. The quantitative estimate of drug-likeness (QED) is 0.594. The van der Waals surface area contributed by atoms with Gasteiger partial charge in [0.2, 0.25) is 0 Å². The fourth-order valence-corrected chi connectivity index (χ4v) is 1.39. The summed E-state index contributed by atoms with van der Waals surface area (Å²) in [6.45, 7) is 3.16. The molecule has 2 rings (SSSR count). The Morgan fingerprint density at radius 2 is 2.12 bits per heavy atom. The molecule has 0 bridgehead atoms. The van der Waals surface area contributed by atoms with E-state index in [0.29, 0.717) is 13.2 Å². The third-order valence-corrected chi connectivity index (χ3v) is 2.36. The average molecular weight is 217 g/mol. The van der Waals surface area contributed by atoms with Crippen LogP contribution in [0.1, 0.15) is 17.0 Å². The van der Waals surface area contributed by atoms with Crippen LogP contribution in [0.25, 0.3) is 0 Å². The molecule has 0 spiro atoms. The molecule has 0 saturated heterocycles. The van der Waals surface area contributed by atoms with Crippen molar-refractivity contribution >= 4 is 0 Å². The summed E-state index contributed by atoms with van der Waals surface area (Å²) < 4.78 is 0. The van der Waals surface area contributed by atoms with E-state index < -0.39 is 0 Å². The van der Waals surface area contributed by atoms with Crippen LogP contribution in [0.15, 0.2) is 36.7 Å². The first-order chi connectivity index (χ1) is 7.86. The lowest BCUT2D eigenvalue weighted by atomic mass is 10.2. The van der Waals surface area contributed by atoms with Gasteiger partial charge in [-0.1, -0.05) is 30.3 Å². The van der Waals surface area contributed by atoms with Crippen LogP contribution < -0.4 is 5.48 Å². The van der Waals surface area contributed by atoms with E-state index in [1.54, 1.807) is 6.33 Å². The Labute approximate surface area is 94.6 Å². The fraction of sp³-hybridized carbons (Fsp3) is 0.250. The van der Waals surface area contributed by atoms with Crippen molar-refractivity contribution in [3.8, 4) is 0 Å². The number of rotatable bonds is 5. The monoisotopic (exact) mass is 217 g/mol. The molecule has 1 aromatic heterocycles.